The second kappa shape index (κ2) is 4.86. The van der Waals surface area contributed by atoms with Crippen molar-refractivity contribution in [2.24, 2.45) is 12.2 Å². The van der Waals surface area contributed by atoms with Crippen LogP contribution in [0.1, 0.15) is 37.3 Å². The second-order valence-corrected chi connectivity index (χ2v) is 7.33. The molecule has 2 atom stereocenters. The standard InChI is InChI=1S/C14H19N3O2S/c1-17-12-8-4-2-6-10(12)14(16-17)11-7-3-5-9-13(11)20(15,18)19/h2,4,6,8,11,13H,3,5,7,9H2,1H3,(H2,15,18,19)/t11-,13+/m1/s1. The number of hydrogen-bond acceptors (Lipinski definition) is 3. The molecule has 1 saturated carbocycles. The third-order valence-corrected chi connectivity index (χ3v) is 5.67. The summed E-state index contributed by atoms with van der Waals surface area (Å²) < 4.78 is 25.5. The SMILES string of the molecule is Cn1nc([C@@H]2CCCC[C@@H]2S(N)(=O)=O)c2ccccc21. The lowest BCUT2D eigenvalue weighted by Gasteiger charge is -2.28. The van der Waals surface area contributed by atoms with E-state index in [2.05, 4.69) is 5.10 Å². The lowest BCUT2D eigenvalue weighted by molar-refractivity contribution is 0.427. The van der Waals surface area contributed by atoms with E-state index in [1.807, 2.05) is 36.0 Å². The average molecular weight is 293 g/mol. The van der Waals surface area contributed by atoms with Gasteiger partial charge in [0.05, 0.1) is 16.5 Å². The summed E-state index contributed by atoms with van der Waals surface area (Å²) in [6, 6.07) is 7.93. The van der Waals surface area contributed by atoms with Crippen LogP contribution in [-0.2, 0) is 17.1 Å². The van der Waals surface area contributed by atoms with Crippen LogP contribution in [0.2, 0.25) is 0 Å². The van der Waals surface area contributed by atoms with Crippen LogP contribution in [0.4, 0.5) is 0 Å². The van der Waals surface area contributed by atoms with Gasteiger partial charge in [-0.1, -0.05) is 31.0 Å². The summed E-state index contributed by atoms with van der Waals surface area (Å²) in [7, 11) is -1.64. The molecule has 1 aliphatic carbocycles. The number of aromatic nitrogens is 2. The van der Waals surface area contributed by atoms with Gasteiger partial charge in [0.25, 0.3) is 0 Å². The molecule has 0 spiro atoms. The summed E-state index contributed by atoms with van der Waals surface area (Å²) in [6.45, 7) is 0. The predicted octanol–water partition coefficient (Wildman–Crippen LogP) is 1.89. The van der Waals surface area contributed by atoms with Crippen LogP contribution in [0.25, 0.3) is 10.9 Å². The zero-order valence-electron chi connectivity index (χ0n) is 11.5. The maximum Gasteiger partial charge on any atom is 0.212 e. The number of nitrogens with two attached hydrogens (primary N) is 1. The number of primary sulfonamides is 1. The van der Waals surface area contributed by atoms with Gasteiger partial charge in [-0.15, -0.1) is 0 Å². The Hall–Kier alpha value is -1.40. The van der Waals surface area contributed by atoms with Gasteiger partial charge < -0.3 is 0 Å². The normalized spacial score (nSPS) is 24.1. The van der Waals surface area contributed by atoms with Crippen LogP contribution in [0.3, 0.4) is 0 Å². The minimum absolute atomic E-state index is 0.0927. The molecular formula is C14H19N3O2S. The topological polar surface area (TPSA) is 78.0 Å². The molecule has 0 aliphatic heterocycles. The molecule has 1 aromatic carbocycles. The molecule has 1 fully saturated rings. The van der Waals surface area contributed by atoms with Crippen LogP contribution >= 0.6 is 0 Å². The van der Waals surface area contributed by atoms with Crippen LogP contribution in [0.5, 0.6) is 0 Å². The Balaban J connectivity index is 2.13. The van der Waals surface area contributed by atoms with Crippen LogP contribution in [-0.4, -0.2) is 23.4 Å². The van der Waals surface area contributed by atoms with Gasteiger partial charge in [-0.3, -0.25) is 4.68 Å². The van der Waals surface area contributed by atoms with Gasteiger partial charge in [0.1, 0.15) is 0 Å². The van der Waals surface area contributed by atoms with E-state index in [1.165, 1.54) is 0 Å². The van der Waals surface area contributed by atoms with E-state index in [-0.39, 0.29) is 5.92 Å². The largest absolute Gasteiger partial charge is 0.268 e. The van der Waals surface area contributed by atoms with Gasteiger partial charge >= 0.3 is 0 Å². The highest BCUT2D eigenvalue weighted by Gasteiger charge is 2.36. The van der Waals surface area contributed by atoms with E-state index in [0.717, 1.165) is 35.9 Å². The van der Waals surface area contributed by atoms with Crippen molar-refractivity contribution in [2.45, 2.75) is 36.9 Å². The van der Waals surface area contributed by atoms with Gasteiger partial charge in [0.2, 0.25) is 10.0 Å². The van der Waals surface area contributed by atoms with Crippen molar-refractivity contribution in [3.8, 4) is 0 Å². The third kappa shape index (κ3) is 2.23. The lowest BCUT2D eigenvalue weighted by Crippen LogP contribution is -2.36. The molecule has 1 aliphatic rings. The Bertz CT molecular complexity index is 736. The van der Waals surface area contributed by atoms with Crippen molar-refractivity contribution in [1.29, 1.82) is 0 Å². The molecule has 0 unspecified atom stereocenters. The Kier molecular flexibility index (Phi) is 3.30. The van der Waals surface area contributed by atoms with E-state index >= 15 is 0 Å². The molecule has 3 rings (SSSR count). The quantitative estimate of drug-likeness (QED) is 0.918. The molecule has 0 saturated heterocycles. The summed E-state index contributed by atoms with van der Waals surface area (Å²) >= 11 is 0. The molecule has 2 aromatic rings. The first kappa shape index (κ1) is 13.6. The van der Waals surface area contributed by atoms with Gasteiger partial charge in [-0.25, -0.2) is 13.6 Å². The number of sulfonamides is 1. The van der Waals surface area contributed by atoms with Crippen molar-refractivity contribution >= 4 is 20.9 Å². The molecule has 108 valence electrons. The highest BCUT2D eigenvalue weighted by atomic mass is 32.2. The number of rotatable bonds is 2. The first-order chi connectivity index (χ1) is 9.48. The highest BCUT2D eigenvalue weighted by Crippen LogP contribution is 2.38. The summed E-state index contributed by atoms with van der Waals surface area (Å²) in [4.78, 5) is 0. The lowest BCUT2D eigenvalue weighted by atomic mass is 9.85. The smallest absolute Gasteiger partial charge is 0.212 e. The fourth-order valence-electron chi connectivity index (χ4n) is 3.32. The number of fused-ring (bicyclic) bond motifs is 1. The van der Waals surface area contributed by atoms with Crippen molar-refractivity contribution in [1.82, 2.24) is 9.78 Å². The number of nitrogens with zero attached hydrogens (tertiary/aromatic N) is 2. The summed E-state index contributed by atoms with van der Waals surface area (Å²) in [5.41, 5.74) is 1.91. The van der Waals surface area contributed by atoms with E-state index in [0.29, 0.717) is 6.42 Å². The van der Waals surface area contributed by atoms with Gasteiger partial charge in [0, 0.05) is 18.4 Å². The molecule has 0 radical (unpaired) electrons. The van der Waals surface area contributed by atoms with Crippen molar-refractivity contribution in [2.75, 3.05) is 0 Å². The number of para-hydroxylation sites is 1. The number of benzene rings is 1. The third-order valence-electron chi connectivity index (χ3n) is 4.26. The predicted molar refractivity (Wildman–Crippen MR) is 78.8 cm³/mol. The number of aryl methyl sites for hydroxylation is 1. The Morgan fingerprint density at radius 2 is 1.95 bits per heavy atom. The van der Waals surface area contributed by atoms with Gasteiger partial charge in [0.15, 0.2) is 0 Å². The highest BCUT2D eigenvalue weighted by molar-refractivity contribution is 7.89. The zero-order chi connectivity index (χ0) is 14.3. The molecule has 1 aromatic heterocycles. The van der Waals surface area contributed by atoms with Crippen LogP contribution < -0.4 is 5.14 Å². The minimum atomic E-state index is -3.53. The fraction of sp³-hybridized carbons (Fsp3) is 0.500. The second-order valence-electron chi connectivity index (χ2n) is 5.54. The summed E-state index contributed by atoms with van der Waals surface area (Å²) in [6.07, 6.45) is 3.42. The van der Waals surface area contributed by atoms with Gasteiger partial charge in [-0.05, 0) is 18.9 Å². The Morgan fingerprint density at radius 3 is 2.70 bits per heavy atom. The first-order valence-corrected chi connectivity index (χ1v) is 8.52. The molecule has 2 N–H and O–H groups in total. The van der Waals surface area contributed by atoms with E-state index in [1.54, 1.807) is 0 Å². The Labute approximate surface area is 118 Å². The molecule has 6 heteroatoms. The van der Waals surface area contributed by atoms with Crippen molar-refractivity contribution in [3.63, 3.8) is 0 Å². The Morgan fingerprint density at radius 1 is 1.25 bits per heavy atom. The summed E-state index contributed by atoms with van der Waals surface area (Å²) in [5, 5.41) is 10.5. The van der Waals surface area contributed by atoms with Crippen molar-refractivity contribution < 1.29 is 8.42 Å². The molecular weight excluding hydrogens is 274 g/mol. The van der Waals surface area contributed by atoms with Crippen LogP contribution in [0.15, 0.2) is 24.3 Å². The van der Waals surface area contributed by atoms with Crippen molar-refractivity contribution in [3.05, 3.63) is 30.0 Å². The van der Waals surface area contributed by atoms with Crippen LogP contribution in [0, 0.1) is 0 Å². The fourth-order valence-corrected chi connectivity index (χ4v) is 4.54. The first-order valence-electron chi connectivity index (χ1n) is 6.92. The van der Waals surface area contributed by atoms with Gasteiger partial charge in [-0.2, -0.15) is 5.10 Å². The molecule has 20 heavy (non-hydrogen) atoms. The number of hydrogen-bond donors (Lipinski definition) is 1. The van der Waals surface area contributed by atoms with E-state index in [4.69, 9.17) is 5.14 Å². The van der Waals surface area contributed by atoms with E-state index < -0.39 is 15.3 Å². The summed E-state index contributed by atoms with van der Waals surface area (Å²) in [5.74, 6) is -0.0927. The van der Waals surface area contributed by atoms with E-state index in [9.17, 15) is 8.42 Å². The molecule has 5 nitrogen and oxygen atoms in total. The minimum Gasteiger partial charge on any atom is -0.268 e. The maximum atomic E-state index is 11.9. The maximum absolute atomic E-state index is 11.9. The molecule has 0 amide bonds. The molecule has 1 heterocycles. The average Bonchev–Trinajstić information content (AvgIpc) is 2.76. The molecule has 0 bridgehead atoms. The zero-order valence-corrected chi connectivity index (χ0v) is 12.3. The monoisotopic (exact) mass is 293 g/mol.